The molecule has 1 aromatic carbocycles. The summed E-state index contributed by atoms with van der Waals surface area (Å²) in [5.74, 6) is 0. The number of hydrogen-bond donors (Lipinski definition) is 2. The van der Waals surface area contributed by atoms with Crippen molar-refractivity contribution in [1.82, 2.24) is 4.90 Å². The lowest BCUT2D eigenvalue weighted by Crippen LogP contribution is -2.53. The topological polar surface area (TPSA) is 56.2 Å². The van der Waals surface area contributed by atoms with Crippen LogP contribution >= 0.6 is 0 Å². The Morgan fingerprint density at radius 3 is 2.17 bits per heavy atom. The van der Waals surface area contributed by atoms with E-state index in [-0.39, 0.29) is 0 Å². The maximum atomic E-state index is 10.5. The van der Waals surface area contributed by atoms with E-state index < -0.39 is 18.3 Å². The third-order valence-corrected chi connectivity index (χ3v) is 5.27. The summed E-state index contributed by atoms with van der Waals surface area (Å²) in [7, 11) is 1.08. The molecule has 0 bridgehead atoms. The maximum Gasteiger partial charge on any atom is 0.491 e. The molecule has 0 atom stereocenters. The first kappa shape index (κ1) is 19.3. The molecule has 0 aromatic heterocycles. The first-order chi connectivity index (χ1) is 11.0. The fourth-order valence-electron chi connectivity index (χ4n) is 2.69. The Bertz CT molecular complexity index is 564. The predicted octanol–water partition coefficient (Wildman–Crippen LogP) is 1.00. The van der Waals surface area contributed by atoms with Crippen LogP contribution in [0, 0.1) is 6.92 Å². The van der Waals surface area contributed by atoms with Crippen LogP contribution in [0.15, 0.2) is 18.2 Å². The van der Waals surface area contributed by atoms with Crippen molar-refractivity contribution in [2.75, 3.05) is 38.1 Å². The summed E-state index contributed by atoms with van der Waals surface area (Å²) < 4.78 is 5.75. The second kappa shape index (κ2) is 7.04. The second-order valence-electron chi connectivity index (χ2n) is 7.87. The fourth-order valence-corrected chi connectivity index (χ4v) is 2.69. The highest BCUT2D eigenvalue weighted by Crippen LogP contribution is 2.26. The van der Waals surface area contributed by atoms with Gasteiger partial charge in [0.05, 0.1) is 11.2 Å². The molecule has 1 fully saturated rings. The molecule has 0 amide bonds. The van der Waals surface area contributed by atoms with E-state index in [9.17, 15) is 10.1 Å². The fraction of sp³-hybridized carbons (Fsp3) is 0.667. The van der Waals surface area contributed by atoms with E-state index in [0.29, 0.717) is 0 Å². The van der Waals surface area contributed by atoms with Gasteiger partial charge in [-0.1, -0.05) is 6.07 Å². The number of aryl methyl sites for hydroxylation is 1. The lowest BCUT2D eigenvalue weighted by atomic mass is 9.74. The van der Waals surface area contributed by atoms with E-state index in [2.05, 4.69) is 22.9 Å². The molecule has 2 rings (SSSR count). The molecular formula is C18H31BN2O3. The summed E-state index contributed by atoms with van der Waals surface area (Å²) >= 11 is 0. The average Bonchev–Trinajstić information content (AvgIpc) is 2.46. The first-order valence-corrected chi connectivity index (χ1v) is 8.63. The van der Waals surface area contributed by atoms with E-state index in [1.54, 1.807) is 27.7 Å². The lowest BCUT2D eigenvalue weighted by molar-refractivity contribution is -0.0982. The molecule has 0 unspecified atom stereocenters. The van der Waals surface area contributed by atoms with Crippen molar-refractivity contribution >= 4 is 18.3 Å². The van der Waals surface area contributed by atoms with Crippen LogP contribution in [0.2, 0.25) is 0 Å². The second-order valence-corrected chi connectivity index (χ2v) is 7.87. The van der Waals surface area contributed by atoms with Gasteiger partial charge in [0.15, 0.2) is 0 Å². The zero-order chi connectivity index (χ0) is 18.1. The number of piperazine rings is 1. The van der Waals surface area contributed by atoms with E-state index in [4.69, 9.17) is 4.65 Å². The maximum absolute atomic E-state index is 10.5. The van der Waals surface area contributed by atoms with Gasteiger partial charge in [0.1, 0.15) is 0 Å². The molecule has 2 N–H and O–H groups in total. The molecule has 134 valence electrons. The van der Waals surface area contributed by atoms with Crippen molar-refractivity contribution in [3.05, 3.63) is 23.8 Å². The van der Waals surface area contributed by atoms with Gasteiger partial charge >= 0.3 is 7.12 Å². The van der Waals surface area contributed by atoms with Gasteiger partial charge in [0.2, 0.25) is 0 Å². The van der Waals surface area contributed by atoms with Crippen LogP contribution in [0.5, 0.6) is 0 Å². The van der Waals surface area contributed by atoms with Crippen molar-refractivity contribution in [2.24, 2.45) is 0 Å². The van der Waals surface area contributed by atoms with Gasteiger partial charge < -0.3 is 24.6 Å². The Balaban J connectivity index is 2.12. The highest BCUT2D eigenvalue weighted by atomic mass is 16.5. The minimum atomic E-state index is -1.06. The van der Waals surface area contributed by atoms with Crippen molar-refractivity contribution in [2.45, 2.75) is 45.8 Å². The molecule has 6 heteroatoms. The molecule has 1 heterocycles. The Morgan fingerprint density at radius 2 is 1.67 bits per heavy atom. The average molecular weight is 334 g/mol. The third kappa shape index (κ3) is 4.31. The summed E-state index contributed by atoms with van der Waals surface area (Å²) in [5, 5.41) is 20.7. The normalized spacial score (nSPS) is 17.2. The van der Waals surface area contributed by atoms with Gasteiger partial charge in [-0.25, -0.2) is 0 Å². The lowest BCUT2D eigenvalue weighted by Gasteiger charge is -2.38. The van der Waals surface area contributed by atoms with Gasteiger partial charge in [-0.15, -0.1) is 0 Å². The van der Waals surface area contributed by atoms with E-state index in [1.807, 2.05) is 19.1 Å². The molecule has 0 spiro atoms. The molecule has 5 nitrogen and oxygen atoms in total. The number of anilines is 1. The smallest absolute Gasteiger partial charge is 0.423 e. The summed E-state index contributed by atoms with van der Waals surface area (Å²) in [4.78, 5) is 4.69. The molecule has 1 aliphatic heterocycles. The zero-order valence-electron chi connectivity index (χ0n) is 15.8. The minimum absolute atomic E-state index is 0.741. The van der Waals surface area contributed by atoms with E-state index >= 15 is 0 Å². The number of nitrogens with zero attached hydrogens (tertiary/aromatic N) is 2. The number of rotatable bonds is 5. The molecule has 1 aromatic rings. The standard InChI is InChI=1S/C18H31BN2O3/c1-14-13-15(21-11-9-20(6)10-12-21)7-8-16(14)19(23)24-18(4,5)17(2,3)22/h7-8,13,22-23H,9-12H2,1-6H3. The molecule has 24 heavy (non-hydrogen) atoms. The Hall–Kier alpha value is -1.08. The van der Waals surface area contributed by atoms with Crippen molar-refractivity contribution in [3.63, 3.8) is 0 Å². The summed E-state index contributed by atoms with van der Waals surface area (Å²) in [6.45, 7) is 13.1. The van der Waals surface area contributed by atoms with E-state index in [0.717, 1.165) is 37.2 Å². The minimum Gasteiger partial charge on any atom is -0.423 e. The highest BCUT2D eigenvalue weighted by Gasteiger charge is 2.39. The van der Waals surface area contributed by atoms with Crippen molar-refractivity contribution in [3.8, 4) is 0 Å². The van der Waals surface area contributed by atoms with Crippen molar-refractivity contribution in [1.29, 1.82) is 0 Å². The number of aliphatic hydroxyl groups is 1. The summed E-state index contributed by atoms with van der Waals surface area (Å²) in [6.07, 6.45) is 0. The first-order valence-electron chi connectivity index (χ1n) is 8.63. The number of benzene rings is 1. The van der Waals surface area contributed by atoms with Gasteiger partial charge in [-0.05, 0) is 64.8 Å². The monoisotopic (exact) mass is 334 g/mol. The van der Waals surface area contributed by atoms with Gasteiger partial charge in [0.25, 0.3) is 0 Å². The Kier molecular flexibility index (Phi) is 5.65. The zero-order valence-corrected chi connectivity index (χ0v) is 15.8. The molecule has 1 aliphatic rings. The van der Waals surface area contributed by atoms with Crippen LogP contribution in [0.4, 0.5) is 5.69 Å². The quantitative estimate of drug-likeness (QED) is 0.787. The Morgan fingerprint density at radius 1 is 1.08 bits per heavy atom. The van der Waals surface area contributed by atoms with Crippen molar-refractivity contribution < 1.29 is 14.8 Å². The number of likely N-dealkylation sites (N-methyl/N-ethyl adjacent to an activating group) is 1. The van der Waals surface area contributed by atoms with Gasteiger partial charge in [-0.3, -0.25) is 0 Å². The van der Waals surface area contributed by atoms with E-state index in [1.165, 1.54) is 5.69 Å². The van der Waals surface area contributed by atoms with Crippen LogP contribution in [0.3, 0.4) is 0 Å². The highest BCUT2D eigenvalue weighted by molar-refractivity contribution is 6.60. The summed E-state index contributed by atoms with van der Waals surface area (Å²) in [5.41, 5.74) is 0.991. The third-order valence-electron chi connectivity index (χ3n) is 5.27. The van der Waals surface area contributed by atoms with Crippen LogP contribution in [0.1, 0.15) is 33.3 Å². The predicted molar refractivity (Wildman–Crippen MR) is 100.0 cm³/mol. The molecule has 0 saturated carbocycles. The van der Waals surface area contributed by atoms with Crippen LogP contribution in [0.25, 0.3) is 0 Å². The molecule has 0 aliphatic carbocycles. The van der Waals surface area contributed by atoms with Gasteiger partial charge in [-0.2, -0.15) is 0 Å². The molecule has 0 radical (unpaired) electrons. The Labute approximate surface area is 146 Å². The SMILES string of the molecule is Cc1cc(N2CCN(C)CC2)ccc1B(O)OC(C)(C)C(C)(C)O. The molecule has 1 saturated heterocycles. The van der Waals surface area contributed by atoms with Crippen LogP contribution in [-0.2, 0) is 4.65 Å². The van der Waals surface area contributed by atoms with Crippen LogP contribution < -0.4 is 10.4 Å². The molecular weight excluding hydrogens is 303 g/mol. The largest absolute Gasteiger partial charge is 0.491 e. The summed E-state index contributed by atoms with van der Waals surface area (Å²) in [6, 6.07) is 6.07. The number of hydrogen-bond acceptors (Lipinski definition) is 5. The van der Waals surface area contributed by atoms with Gasteiger partial charge in [0, 0.05) is 31.9 Å². The van der Waals surface area contributed by atoms with Crippen LogP contribution in [-0.4, -0.2) is 66.6 Å².